The van der Waals surface area contributed by atoms with Gasteiger partial charge in [-0.2, -0.15) is 0 Å². The zero-order valence-electron chi connectivity index (χ0n) is 20.1. The van der Waals surface area contributed by atoms with Gasteiger partial charge in [-0.1, -0.05) is 36.4 Å². The van der Waals surface area contributed by atoms with Gasteiger partial charge in [0.15, 0.2) is 11.5 Å². The quantitative estimate of drug-likeness (QED) is 0.448. The third-order valence-corrected chi connectivity index (χ3v) is 7.07. The van der Waals surface area contributed by atoms with Gasteiger partial charge >= 0.3 is 0 Å². The van der Waals surface area contributed by atoms with Crippen LogP contribution in [0.4, 0.5) is 5.69 Å². The Morgan fingerprint density at radius 3 is 2.59 bits per heavy atom. The molecule has 2 N–H and O–H groups in total. The van der Waals surface area contributed by atoms with Crippen molar-refractivity contribution in [1.29, 1.82) is 0 Å². The summed E-state index contributed by atoms with van der Waals surface area (Å²) in [7, 11) is 0. The van der Waals surface area contributed by atoms with Gasteiger partial charge in [-0.25, -0.2) is 0 Å². The lowest BCUT2D eigenvalue weighted by Crippen LogP contribution is -2.48. The number of carbonyl (C=O) groups is 3. The third kappa shape index (κ3) is 5.76. The average molecular weight is 522 g/mol. The second-order valence-electron chi connectivity index (χ2n) is 8.65. The molecule has 2 atom stereocenters. The second-order valence-corrected chi connectivity index (χ2v) is 9.60. The lowest BCUT2D eigenvalue weighted by atomic mass is 10.0. The first-order valence-electron chi connectivity index (χ1n) is 12.1. The number of carbonyl (C=O) groups excluding carboxylic acids is 3. The van der Waals surface area contributed by atoms with Crippen molar-refractivity contribution in [3.05, 3.63) is 76.5 Å². The van der Waals surface area contributed by atoms with Gasteiger partial charge in [-0.3, -0.25) is 19.3 Å². The summed E-state index contributed by atoms with van der Waals surface area (Å²) in [6.45, 7) is 0.802. The minimum absolute atomic E-state index is 0.0554. The van der Waals surface area contributed by atoms with Gasteiger partial charge in [-0.05, 0) is 42.0 Å². The number of anilines is 1. The van der Waals surface area contributed by atoms with Crippen LogP contribution in [0.15, 0.2) is 66.0 Å². The summed E-state index contributed by atoms with van der Waals surface area (Å²) in [6.07, 6.45) is 1.77. The van der Waals surface area contributed by atoms with E-state index in [9.17, 15) is 14.4 Å². The van der Waals surface area contributed by atoms with E-state index in [4.69, 9.17) is 14.2 Å². The van der Waals surface area contributed by atoms with Crippen LogP contribution in [0, 0.1) is 0 Å². The van der Waals surface area contributed by atoms with Gasteiger partial charge in [-0.15, -0.1) is 11.3 Å². The first-order chi connectivity index (χ1) is 18.1. The van der Waals surface area contributed by atoms with E-state index < -0.39 is 11.9 Å². The lowest BCUT2D eigenvalue weighted by molar-refractivity contribution is -0.126. The molecule has 1 saturated heterocycles. The molecule has 2 aliphatic heterocycles. The van der Waals surface area contributed by atoms with Gasteiger partial charge in [0.05, 0.1) is 17.5 Å². The number of thiophene rings is 1. The van der Waals surface area contributed by atoms with Crippen LogP contribution in [0.3, 0.4) is 0 Å². The first kappa shape index (κ1) is 24.8. The molecule has 2 aromatic carbocycles. The molecule has 3 heterocycles. The van der Waals surface area contributed by atoms with Gasteiger partial charge in [0, 0.05) is 24.9 Å². The largest absolute Gasteiger partial charge is 0.454 e. The SMILES string of the molecule is O=C(NCC(=O)N(c1ccc2c(c1)OCO2)[C@@H](C(=O)NC[C@H]1CCCO1)c1ccccc1)c1cccs1. The van der Waals surface area contributed by atoms with E-state index in [1.54, 1.807) is 47.8 Å². The Hall–Kier alpha value is -3.89. The van der Waals surface area contributed by atoms with Crippen molar-refractivity contribution in [2.75, 3.05) is 31.4 Å². The number of rotatable bonds is 9. The van der Waals surface area contributed by atoms with Gasteiger partial charge in [0.25, 0.3) is 5.91 Å². The highest BCUT2D eigenvalue weighted by Gasteiger charge is 2.34. The summed E-state index contributed by atoms with van der Waals surface area (Å²) in [5, 5.41) is 7.44. The molecule has 37 heavy (non-hydrogen) atoms. The molecule has 192 valence electrons. The number of hydrogen-bond acceptors (Lipinski definition) is 7. The Kier molecular flexibility index (Phi) is 7.67. The normalized spacial score (nSPS) is 16.7. The molecule has 0 aliphatic carbocycles. The Bertz CT molecular complexity index is 1240. The van der Waals surface area contributed by atoms with Crippen LogP contribution >= 0.6 is 11.3 Å². The fourth-order valence-electron chi connectivity index (χ4n) is 4.38. The van der Waals surface area contributed by atoms with E-state index >= 15 is 0 Å². The first-order valence-corrected chi connectivity index (χ1v) is 13.0. The van der Waals surface area contributed by atoms with Crippen molar-refractivity contribution >= 4 is 34.7 Å². The Morgan fingerprint density at radius 1 is 1.00 bits per heavy atom. The summed E-state index contributed by atoms with van der Waals surface area (Å²) in [4.78, 5) is 41.9. The fraction of sp³-hybridized carbons (Fsp3) is 0.296. The molecule has 1 fully saturated rings. The molecular formula is C27H27N3O6S. The maximum absolute atomic E-state index is 13.7. The Balaban J connectivity index is 1.46. The monoisotopic (exact) mass is 521 g/mol. The molecule has 0 spiro atoms. The molecular weight excluding hydrogens is 494 g/mol. The maximum Gasteiger partial charge on any atom is 0.261 e. The Morgan fingerprint density at radius 2 is 1.84 bits per heavy atom. The van der Waals surface area contributed by atoms with Crippen LogP contribution in [0.25, 0.3) is 0 Å². The maximum atomic E-state index is 13.7. The van der Waals surface area contributed by atoms with Crippen LogP contribution in [-0.2, 0) is 14.3 Å². The number of amides is 3. The van der Waals surface area contributed by atoms with Crippen LogP contribution in [0.2, 0.25) is 0 Å². The smallest absolute Gasteiger partial charge is 0.261 e. The molecule has 10 heteroatoms. The lowest BCUT2D eigenvalue weighted by Gasteiger charge is -2.32. The molecule has 3 aromatic rings. The third-order valence-electron chi connectivity index (χ3n) is 6.20. The van der Waals surface area contributed by atoms with E-state index in [0.717, 1.165) is 12.8 Å². The highest BCUT2D eigenvalue weighted by atomic mass is 32.1. The average Bonchev–Trinajstić information content (AvgIpc) is 3.72. The number of benzene rings is 2. The van der Waals surface area contributed by atoms with Crippen LogP contribution in [0.5, 0.6) is 11.5 Å². The molecule has 9 nitrogen and oxygen atoms in total. The predicted octanol–water partition coefficient (Wildman–Crippen LogP) is 3.28. The molecule has 2 aliphatic rings. The van der Waals surface area contributed by atoms with Crippen LogP contribution in [0.1, 0.15) is 34.1 Å². The van der Waals surface area contributed by atoms with Crippen molar-refractivity contribution in [3.8, 4) is 11.5 Å². The highest BCUT2D eigenvalue weighted by Crippen LogP contribution is 2.38. The molecule has 0 radical (unpaired) electrons. The fourth-order valence-corrected chi connectivity index (χ4v) is 5.02. The molecule has 5 rings (SSSR count). The molecule has 0 unspecified atom stereocenters. The van der Waals surface area contributed by atoms with Gasteiger partial charge in [0.1, 0.15) is 6.04 Å². The summed E-state index contributed by atoms with van der Waals surface area (Å²) in [6, 6.07) is 16.6. The van der Waals surface area contributed by atoms with Crippen molar-refractivity contribution in [2.45, 2.75) is 25.0 Å². The standard InChI is InChI=1S/C27H27N3O6S/c31-24(16-29-26(32)23-9-5-13-37-23)30(19-10-11-21-22(14-19)36-17-35-21)25(18-6-2-1-3-7-18)27(33)28-15-20-8-4-12-34-20/h1-3,5-7,9-11,13-14,20,25H,4,8,12,15-17H2,(H,28,33)(H,29,32)/t20-,25-/m1/s1. The summed E-state index contributed by atoms with van der Waals surface area (Å²) in [5.74, 6) is -0.124. The van der Waals surface area contributed by atoms with Gasteiger partial charge in [0.2, 0.25) is 18.6 Å². The van der Waals surface area contributed by atoms with E-state index in [0.29, 0.717) is 40.8 Å². The van der Waals surface area contributed by atoms with Crippen LogP contribution < -0.4 is 25.0 Å². The van der Waals surface area contributed by atoms with E-state index in [2.05, 4.69) is 10.6 Å². The number of ether oxygens (including phenoxy) is 3. The number of nitrogens with one attached hydrogen (secondary N) is 2. The summed E-state index contributed by atoms with van der Waals surface area (Å²) >= 11 is 1.28. The van der Waals surface area contributed by atoms with E-state index in [1.807, 2.05) is 18.2 Å². The van der Waals surface area contributed by atoms with Crippen LogP contribution in [-0.4, -0.2) is 50.3 Å². The molecule has 0 bridgehead atoms. The minimum Gasteiger partial charge on any atom is -0.454 e. The summed E-state index contributed by atoms with van der Waals surface area (Å²) < 4.78 is 16.6. The summed E-state index contributed by atoms with van der Waals surface area (Å²) in [5.41, 5.74) is 1.07. The number of nitrogens with zero attached hydrogens (tertiary/aromatic N) is 1. The molecule has 0 saturated carbocycles. The van der Waals surface area contributed by atoms with Crippen molar-refractivity contribution in [2.24, 2.45) is 0 Å². The van der Waals surface area contributed by atoms with Crippen molar-refractivity contribution in [3.63, 3.8) is 0 Å². The number of hydrogen-bond donors (Lipinski definition) is 2. The van der Waals surface area contributed by atoms with Gasteiger partial charge < -0.3 is 24.8 Å². The van der Waals surface area contributed by atoms with E-state index in [1.165, 1.54) is 16.2 Å². The van der Waals surface area contributed by atoms with Crippen molar-refractivity contribution < 1.29 is 28.6 Å². The second kappa shape index (κ2) is 11.4. The highest BCUT2D eigenvalue weighted by molar-refractivity contribution is 7.12. The predicted molar refractivity (Wildman–Crippen MR) is 138 cm³/mol. The molecule has 1 aromatic heterocycles. The Labute approximate surface area is 218 Å². The van der Waals surface area contributed by atoms with Crippen molar-refractivity contribution in [1.82, 2.24) is 10.6 Å². The van der Waals surface area contributed by atoms with E-state index in [-0.39, 0.29) is 31.3 Å². The minimum atomic E-state index is -0.992. The zero-order valence-corrected chi connectivity index (χ0v) is 20.9. The zero-order chi connectivity index (χ0) is 25.6. The number of fused-ring (bicyclic) bond motifs is 1. The topological polar surface area (TPSA) is 106 Å². The molecule has 3 amide bonds.